The first kappa shape index (κ1) is 15.9. The molecule has 0 bridgehead atoms. The molecule has 0 aliphatic carbocycles. The molecule has 98 valence electrons. The quantitative estimate of drug-likeness (QED) is 0.686. The van der Waals surface area contributed by atoms with Crippen LogP contribution in [0.25, 0.3) is 0 Å². The van der Waals surface area contributed by atoms with Gasteiger partial charge in [-0.2, -0.15) is 0 Å². The normalized spacial score (nSPS) is 14.4. The molecule has 16 heavy (non-hydrogen) atoms. The average Bonchev–Trinajstić information content (AvgIpc) is 2.21. The lowest BCUT2D eigenvalue weighted by molar-refractivity contribution is 0.183. The molecule has 0 rings (SSSR count). The van der Waals surface area contributed by atoms with Gasteiger partial charge in [0.1, 0.15) is 0 Å². The van der Waals surface area contributed by atoms with Crippen LogP contribution in [0.5, 0.6) is 0 Å². The van der Waals surface area contributed by atoms with Gasteiger partial charge < -0.3 is 5.32 Å². The first-order chi connectivity index (χ1) is 7.44. The molecule has 2 nitrogen and oxygen atoms in total. The number of nitrogens with zero attached hydrogens (tertiary/aromatic N) is 1. The van der Waals surface area contributed by atoms with E-state index in [2.05, 4.69) is 51.8 Å². The van der Waals surface area contributed by atoms with E-state index >= 15 is 0 Å². The average molecular weight is 228 g/mol. The molecular weight excluding hydrogens is 196 g/mol. The maximum Gasteiger partial charge on any atom is 0.0218 e. The molecule has 0 aromatic heterocycles. The second kappa shape index (κ2) is 8.08. The molecule has 0 spiro atoms. The minimum absolute atomic E-state index is 0.234. The number of rotatable bonds is 8. The molecule has 1 atom stereocenters. The first-order valence-electron chi connectivity index (χ1n) is 6.93. The van der Waals surface area contributed by atoms with E-state index in [4.69, 9.17) is 0 Å². The van der Waals surface area contributed by atoms with Crippen LogP contribution < -0.4 is 5.32 Å². The molecule has 0 radical (unpaired) electrons. The van der Waals surface area contributed by atoms with Crippen molar-refractivity contribution in [1.82, 2.24) is 10.2 Å². The van der Waals surface area contributed by atoms with Crippen LogP contribution in [0, 0.1) is 0 Å². The van der Waals surface area contributed by atoms with E-state index in [0.29, 0.717) is 6.04 Å². The molecular formula is C14H32N2. The summed E-state index contributed by atoms with van der Waals surface area (Å²) in [5, 5.41) is 3.62. The van der Waals surface area contributed by atoms with Crippen molar-refractivity contribution in [2.24, 2.45) is 0 Å². The van der Waals surface area contributed by atoms with Crippen LogP contribution in [0.4, 0.5) is 0 Å². The predicted molar refractivity (Wildman–Crippen MR) is 74.0 cm³/mol. The number of likely N-dealkylation sites (N-methyl/N-ethyl adjacent to an activating group) is 1. The number of hydrogen-bond acceptors (Lipinski definition) is 2. The maximum absolute atomic E-state index is 3.62. The topological polar surface area (TPSA) is 15.3 Å². The van der Waals surface area contributed by atoms with E-state index in [1.165, 1.54) is 32.4 Å². The van der Waals surface area contributed by atoms with Crippen LogP contribution in [0.2, 0.25) is 0 Å². The molecule has 0 saturated heterocycles. The molecule has 0 heterocycles. The van der Waals surface area contributed by atoms with E-state index in [-0.39, 0.29) is 5.54 Å². The second-order valence-corrected chi connectivity index (χ2v) is 5.68. The van der Waals surface area contributed by atoms with Gasteiger partial charge in [-0.05, 0) is 46.7 Å². The molecule has 0 amide bonds. The zero-order valence-electron chi connectivity index (χ0n) is 12.3. The fourth-order valence-electron chi connectivity index (χ4n) is 1.92. The summed E-state index contributed by atoms with van der Waals surface area (Å²) < 4.78 is 0. The third-order valence-electron chi connectivity index (χ3n) is 3.06. The molecule has 0 aromatic carbocycles. The minimum Gasteiger partial charge on any atom is -0.311 e. The molecule has 0 aromatic rings. The standard InChI is InChI=1S/C14H32N2/c1-7-10-11-16(9-3)13(8-2)12-15-14(4,5)6/h13,15H,7-12H2,1-6H3. The Hall–Kier alpha value is -0.0800. The summed E-state index contributed by atoms with van der Waals surface area (Å²) in [6.07, 6.45) is 3.85. The Morgan fingerprint density at radius 3 is 2.12 bits per heavy atom. The van der Waals surface area contributed by atoms with Crippen LogP contribution in [0.1, 0.15) is 60.8 Å². The fraction of sp³-hybridized carbons (Fsp3) is 1.00. The summed E-state index contributed by atoms with van der Waals surface area (Å²) in [6, 6.07) is 0.691. The van der Waals surface area contributed by atoms with E-state index in [9.17, 15) is 0 Å². The minimum atomic E-state index is 0.234. The van der Waals surface area contributed by atoms with Crippen LogP contribution >= 0.6 is 0 Å². The zero-order valence-corrected chi connectivity index (χ0v) is 12.3. The molecule has 0 fully saturated rings. The Morgan fingerprint density at radius 2 is 1.75 bits per heavy atom. The largest absolute Gasteiger partial charge is 0.311 e. The predicted octanol–water partition coefficient (Wildman–Crippen LogP) is 3.28. The van der Waals surface area contributed by atoms with Crippen molar-refractivity contribution >= 4 is 0 Å². The van der Waals surface area contributed by atoms with Crippen LogP contribution in [-0.2, 0) is 0 Å². The van der Waals surface area contributed by atoms with Crippen LogP contribution in [0.15, 0.2) is 0 Å². The number of hydrogen-bond donors (Lipinski definition) is 1. The van der Waals surface area contributed by atoms with Gasteiger partial charge in [0.2, 0.25) is 0 Å². The van der Waals surface area contributed by atoms with Crippen LogP contribution in [-0.4, -0.2) is 36.1 Å². The van der Waals surface area contributed by atoms with Gasteiger partial charge in [-0.1, -0.05) is 27.2 Å². The summed E-state index contributed by atoms with van der Waals surface area (Å²) in [4.78, 5) is 2.61. The summed E-state index contributed by atoms with van der Waals surface area (Å²) >= 11 is 0. The van der Waals surface area contributed by atoms with Gasteiger partial charge in [0, 0.05) is 18.1 Å². The summed E-state index contributed by atoms with van der Waals surface area (Å²) in [6.45, 7) is 17.1. The van der Waals surface area contributed by atoms with Crippen molar-refractivity contribution in [3.63, 3.8) is 0 Å². The van der Waals surface area contributed by atoms with Gasteiger partial charge in [-0.25, -0.2) is 0 Å². The van der Waals surface area contributed by atoms with Crippen molar-refractivity contribution in [3.8, 4) is 0 Å². The van der Waals surface area contributed by atoms with Gasteiger partial charge in [-0.3, -0.25) is 4.90 Å². The highest BCUT2D eigenvalue weighted by Gasteiger charge is 2.17. The number of unbranched alkanes of at least 4 members (excludes halogenated alkanes) is 1. The molecule has 0 saturated carbocycles. The van der Waals surface area contributed by atoms with E-state index in [1.54, 1.807) is 0 Å². The highest BCUT2D eigenvalue weighted by atomic mass is 15.2. The third-order valence-corrected chi connectivity index (χ3v) is 3.06. The molecule has 2 heteroatoms. The van der Waals surface area contributed by atoms with Crippen molar-refractivity contribution in [3.05, 3.63) is 0 Å². The Labute approximate surface area is 103 Å². The lowest BCUT2D eigenvalue weighted by atomic mass is 10.1. The highest BCUT2D eigenvalue weighted by molar-refractivity contribution is 4.77. The molecule has 1 unspecified atom stereocenters. The Balaban J connectivity index is 4.11. The van der Waals surface area contributed by atoms with Gasteiger partial charge in [0.15, 0.2) is 0 Å². The van der Waals surface area contributed by atoms with Crippen molar-refractivity contribution in [1.29, 1.82) is 0 Å². The SMILES string of the molecule is CCCCN(CC)C(CC)CNC(C)(C)C. The third kappa shape index (κ3) is 7.24. The van der Waals surface area contributed by atoms with Gasteiger partial charge in [0.05, 0.1) is 0 Å². The van der Waals surface area contributed by atoms with Crippen molar-refractivity contribution < 1.29 is 0 Å². The van der Waals surface area contributed by atoms with Gasteiger partial charge in [-0.15, -0.1) is 0 Å². The Bertz CT molecular complexity index is 161. The van der Waals surface area contributed by atoms with Crippen molar-refractivity contribution in [2.45, 2.75) is 72.4 Å². The summed E-state index contributed by atoms with van der Waals surface area (Å²) in [5.41, 5.74) is 0.234. The maximum atomic E-state index is 3.62. The lowest BCUT2D eigenvalue weighted by Gasteiger charge is -2.33. The van der Waals surface area contributed by atoms with E-state index in [1.807, 2.05) is 0 Å². The fourth-order valence-corrected chi connectivity index (χ4v) is 1.92. The van der Waals surface area contributed by atoms with Crippen molar-refractivity contribution in [2.75, 3.05) is 19.6 Å². The Kier molecular flexibility index (Phi) is 8.04. The van der Waals surface area contributed by atoms with E-state index in [0.717, 1.165) is 6.54 Å². The van der Waals surface area contributed by atoms with Gasteiger partial charge in [0.25, 0.3) is 0 Å². The highest BCUT2D eigenvalue weighted by Crippen LogP contribution is 2.07. The van der Waals surface area contributed by atoms with Gasteiger partial charge >= 0.3 is 0 Å². The molecule has 0 aliphatic heterocycles. The Morgan fingerprint density at radius 1 is 1.12 bits per heavy atom. The molecule has 0 aliphatic rings. The summed E-state index contributed by atoms with van der Waals surface area (Å²) in [5.74, 6) is 0. The second-order valence-electron chi connectivity index (χ2n) is 5.68. The smallest absolute Gasteiger partial charge is 0.0218 e. The summed E-state index contributed by atoms with van der Waals surface area (Å²) in [7, 11) is 0. The zero-order chi connectivity index (χ0) is 12.6. The first-order valence-corrected chi connectivity index (χ1v) is 6.93. The lowest BCUT2D eigenvalue weighted by Crippen LogP contribution is -2.47. The number of nitrogens with one attached hydrogen (secondary N) is 1. The monoisotopic (exact) mass is 228 g/mol. The van der Waals surface area contributed by atoms with Crippen LogP contribution in [0.3, 0.4) is 0 Å². The molecule has 1 N–H and O–H groups in total. The van der Waals surface area contributed by atoms with E-state index < -0.39 is 0 Å².